The molecular formula is C19H29F2IN4. The van der Waals surface area contributed by atoms with Crippen molar-refractivity contribution in [3.8, 4) is 0 Å². The monoisotopic (exact) mass is 478 g/mol. The van der Waals surface area contributed by atoms with Gasteiger partial charge in [-0.2, -0.15) is 0 Å². The highest BCUT2D eigenvalue weighted by Crippen LogP contribution is 2.29. The van der Waals surface area contributed by atoms with Crippen molar-refractivity contribution in [3.05, 3.63) is 35.4 Å². The number of nitrogens with zero attached hydrogens (tertiary/aromatic N) is 2. The lowest BCUT2D eigenvalue weighted by molar-refractivity contribution is 0.197. The highest BCUT2D eigenvalue weighted by molar-refractivity contribution is 14.0. The van der Waals surface area contributed by atoms with Crippen LogP contribution < -0.4 is 10.6 Å². The molecule has 0 aromatic heterocycles. The Labute approximate surface area is 171 Å². The number of halogens is 3. The maximum Gasteiger partial charge on any atom is 0.191 e. The summed E-state index contributed by atoms with van der Waals surface area (Å²) in [6.45, 7) is 5.53. The van der Waals surface area contributed by atoms with Crippen LogP contribution in [-0.2, 0) is 6.42 Å². The van der Waals surface area contributed by atoms with Gasteiger partial charge < -0.3 is 15.5 Å². The van der Waals surface area contributed by atoms with Crippen LogP contribution >= 0.6 is 24.0 Å². The fourth-order valence-corrected chi connectivity index (χ4v) is 3.39. The van der Waals surface area contributed by atoms with Gasteiger partial charge in [-0.1, -0.05) is 0 Å². The zero-order valence-electron chi connectivity index (χ0n) is 15.3. The van der Waals surface area contributed by atoms with E-state index in [4.69, 9.17) is 0 Å². The first kappa shape index (κ1) is 21.3. The Balaban J connectivity index is 0.00000243. The fourth-order valence-electron chi connectivity index (χ4n) is 3.39. The third-order valence-corrected chi connectivity index (χ3v) is 4.94. The number of nitrogens with one attached hydrogen (secondary N) is 2. The van der Waals surface area contributed by atoms with E-state index >= 15 is 0 Å². The van der Waals surface area contributed by atoms with Crippen LogP contribution in [0.3, 0.4) is 0 Å². The number of hydrogen-bond donors (Lipinski definition) is 2. The van der Waals surface area contributed by atoms with E-state index in [0.29, 0.717) is 24.6 Å². The average Bonchev–Trinajstić information content (AvgIpc) is 3.44. The molecule has 7 heteroatoms. The first-order valence-electron chi connectivity index (χ1n) is 9.38. The minimum Gasteiger partial charge on any atom is -0.357 e. The number of rotatable bonds is 6. The minimum atomic E-state index is -0.409. The normalized spacial score (nSPS) is 19.1. The molecule has 1 saturated carbocycles. The second kappa shape index (κ2) is 10.4. The van der Waals surface area contributed by atoms with Gasteiger partial charge in [0.25, 0.3) is 0 Å². The molecule has 0 atom stereocenters. The van der Waals surface area contributed by atoms with Crippen molar-refractivity contribution in [1.29, 1.82) is 0 Å². The molecule has 0 spiro atoms. The molecule has 2 N–H and O–H groups in total. The van der Waals surface area contributed by atoms with E-state index in [-0.39, 0.29) is 29.8 Å². The lowest BCUT2D eigenvalue weighted by Gasteiger charge is -2.33. The fraction of sp³-hybridized carbons (Fsp3) is 0.632. The number of aliphatic imine (C=N–C) groups is 1. The quantitative estimate of drug-likeness (QED) is 0.375. The molecule has 26 heavy (non-hydrogen) atoms. The van der Waals surface area contributed by atoms with E-state index in [9.17, 15) is 8.78 Å². The van der Waals surface area contributed by atoms with E-state index in [2.05, 4.69) is 20.5 Å². The first-order valence-corrected chi connectivity index (χ1v) is 9.38. The van der Waals surface area contributed by atoms with Crippen LogP contribution in [0, 0.1) is 11.6 Å². The van der Waals surface area contributed by atoms with Crippen LogP contribution in [0.25, 0.3) is 0 Å². The molecule has 1 aromatic rings. The molecular weight excluding hydrogens is 449 g/mol. The minimum absolute atomic E-state index is 0. The van der Waals surface area contributed by atoms with Crippen molar-refractivity contribution in [2.24, 2.45) is 4.99 Å². The van der Waals surface area contributed by atoms with Crippen LogP contribution in [0.15, 0.2) is 23.2 Å². The van der Waals surface area contributed by atoms with Gasteiger partial charge in [0.2, 0.25) is 0 Å². The van der Waals surface area contributed by atoms with Gasteiger partial charge in [-0.3, -0.25) is 4.99 Å². The molecule has 2 aliphatic rings. The maximum atomic E-state index is 13.7. The summed E-state index contributed by atoms with van der Waals surface area (Å²) in [5, 5.41) is 6.74. The molecule has 3 rings (SSSR count). The lowest BCUT2D eigenvalue weighted by Crippen LogP contribution is -2.49. The number of piperidine rings is 1. The third-order valence-electron chi connectivity index (χ3n) is 4.94. The first-order chi connectivity index (χ1) is 12.2. The van der Waals surface area contributed by atoms with E-state index in [0.717, 1.165) is 50.5 Å². The average molecular weight is 478 g/mol. The molecule has 0 bridgehead atoms. The zero-order chi connectivity index (χ0) is 17.6. The molecule has 0 radical (unpaired) electrons. The molecule has 0 unspecified atom stereocenters. The number of likely N-dealkylation sites (tertiary alicyclic amines) is 1. The maximum absolute atomic E-state index is 13.7. The van der Waals surface area contributed by atoms with E-state index in [1.54, 1.807) is 0 Å². The zero-order valence-corrected chi connectivity index (χ0v) is 17.6. The second-order valence-corrected chi connectivity index (χ2v) is 6.93. The summed E-state index contributed by atoms with van der Waals surface area (Å²) >= 11 is 0. The van der Waals surface area contributed by atoms with Crippen LogP contribution in [0.2, 0.25) is 0 Å². The van der Waals surface area contributed by atoms with Gasteiger partial charge in [-0.05, 0) is 62.8 Å². The van der Waals surface area contributed by atoms with Gasteiger partial charge in [0.05, 0.1) is 0 Å². The molecule has 0 amide bonds. The Morgan fingerprint density at radius 2 is 1.92 bits per heavy atom. The summed E-state index contributed by atoms with van der Waals surface area (Å²) < 4.78 is 26.9. The van der Waals surface area contributed by atoms with Gasteiger partial charge in [-0.15, -0.1) is 24.0 Å². The van der Waals surface area contributed by atoms with Crippen molar-refractivity contribution >= 4 is 29.9 Å². The molecule has 2 fully saturated rings. The number of hydrogen-bond acceptors (Lipinski definition) is 2. The third kappa shape index (κ3) is 6.33. The van der Waals surface area contributed by atoms with E-state index < -0.39 is 5.82 Å². The van der Waals surface area contributed by atoms with Gasteiger partial charge in [0.15, 0.2) is 5.96 Å². The van der Waals surface area contributed by atoms with Crippen molar-refractivity contribution in [3.63, 3.8) is 0 Å². The lowest BCUT2D eigenvalue weighted by atomic mass is 10.1. The molecule has 1 aromatic carbocycles. The Bertz CT molecular complexity index is 599. The van der Waals surface area contributed by atoms with Crippen LogP contribution in [-0.4, -0.2) is 49.1 Å². The predicted molar refractivity (Wildman–Crippen MR) is 112 cm³/mol. The molecule has 146 valence electrons. The van der Waals surface area contributed by atoms with Crippen LogP contribution in [0.4, 0.5) is 8.78 Å². The SMILES string of the molecule is CCNC(=NCCc1cc(F)ccc1F)NC1CCN(C2CC2)CC1.I. The van der Waals surface area contributed by atoms with Crippen molar-refractivity contribution in [2.45, 2.75) is 51.1 Å². The summed E-state index contributed by atoms with van der Waals surface area (Å²) in [6, 6.07) is 4.83. The number of benzene rings is 1. The smallest absolute Gasteiger partial charge is 0.191 e. The Morgan fingerprint density at radius 3 is 2.58 bits per heavy atom. The van der Waals surface area contributed by atoms with E-state index in [1.165, 1.54) is 25.0 Å². The predicted octanol–water partition coefficient (Wildman–Crippen LogP) is 3.31. The van der Waals surface area contributed by atoms with Gasteiger partial charge >= 0.3 is 0 Å². The van der Waals surface area contributed by atoms with Gasteiger partial charge in [-0.25, -0.2) is 8.78 Å². The van der Waals surface area contributed by atoms with Gasteiger partial charge in [0.1, 0.15) is 11.6 Å². The highest BCUT2D eigenvalue weighted by atomic mass is 127. The second-order valence-electron chi connectivity index (χ2n) is 6.93. The number of guanidine groups is 1. The van der Waals surface area contributed by atoms with E-state index in [1.807, 2.05) is 6.92 Å². The summed E-state index contributed by atoms with van der Waals surface area (Å²) in [7, 11) is 0. The molecule has 1 aliphatic carbocycles. The highest BCUT2D eigenvalue weighted by Gasteiger charge is 2.31. The summed E-state index contributed by atoms with van der Waals surface area (Å²) in [4.78, 5) is 7.12. The summed E-state index contributed by atoms with van der Waals surface area (Å²) in [5.41, 5.74) is 0.373. The van der Waals surface area contributed by atoms with Gasteiger partial charge in [0, 0.05) is 38.3 Å². The summed E-state index contributed by atoms with van der Waals surface area (Å²) in [5.74, 6) is -0.0148. The Morgan fingerprint density at radius 1 is 1.19 bits per heavy atom. The van der Waals surface area contributed by atoms with Crippen molar-refractivity contribution < 1.29 is 8.78 Å². The molecule has 1 saturated heterocycles. The summed E-state index contributed by atoms with van der Waals surface area (Å²) in [6.07, 6.45) is 5.36. The van der Waals surface area contributed by atoms with Crippen LogP contribution in [0.1, 0.15) is 38.2 Å². The van der Waals surface area contributed by atoms with Crippen LogP contribution in [0.5, 0.6) is 0 Å². The Hall–Kier alpha value is -0.960. The van der Waals surface area contributed by atoms with Crippen molar-refractivity contribution in [1.82, 2.24) is 15.5 Å². The largest absolute Gasteiger partial charge is 0.357 e. The molecule has 1 heterocycles. The Kier molecular flexibility index (Phi) is 8.53. The molecule has 4 nitrogen and oxygen atoms in total. The standard InChI is InChI=1S/C19H28F2N4.HI/c1-2-22-19(23-10-7-14-13-15(20)3-6-18(14)21)24-16-8-11-25(12-9-16)17-4-5-17;/h3,6,13,16-17H,2,4-5,7-12H2,1H3,(H2,22,23,24);1H. The topological polar surface area (TPSA) is 39.7 Å². The van der Waals surface area contributed by atoms with Crippen molar-refractivity contribution in [2.75, 3.05) is 26.2 Å². The molecule has 1 aliphatic heterocycles.